The Kier molecular flexibility index (Phi) is 5.24. The highest BCUT2D eigenvalue weighted by Crippen LogP contribution is 2.10. The van der Waals surface area contributed by atoms with Crippen molar-refractivity contribution in [2.75, 3.05) is 32.7 Å². The molecule has 2 rings (SSSR count). The molecule has 122 valence electrons. The van der Waals surface area contributed by atoms with E-state index in [0.717, 1.165) is 0 Å². The predicted molar refractivity (Wildman–Crippen MR) is 83.6 cm³/mol. The molecule has 0 aliphatic carbocycles. The fraction of sp³-hybridized carbons (Fsp3) is 0.625. The van der Waals surface area contributed by atoms with Gasteiger partial charge in [0.1, 0.15) is 0 Å². The number of hydrogen-bond acceptors (Lipinski definition) is 4. The minimum Gasteiger partial charge on any atom is -0.459 e. The van der Waals surface area contributed by atoms with Gasteiger partial charge >= 0.3 is 0 Å². The molecule has 1 aromatic rings. The van der Waals surface area contributed by atoms with Gasteiger partial charge in [-0.1, -0.05) is 0 Å². The summed E-state index contributed by atoms with van der Waals surface area (Å²) in [5.74, 6) is 0.391. The van der Waals surface area contributed by atoms with Crippen molar-refractivity contribution in [1.29, 1.82) is 0 Å². The van der Waals surface area contributed by atoms with E-state index in [1.165, 1.54) is 6.26 Å². The Labute approximate surface area is 131 Å². The normalized spacial score (nSPS) is 16.0. The molecule has 1 fully saturated rings. The van der Waals surface area contributed by atoms with Gasteiger partial charge in [0.25, 0.3) is 5.91 Å². The lowest BCUT2D eigenvalue weighted by atomic mass is 10.1. The van der Waals surface area contributed by atoms with E-state index < -0.39 is 0 Å². The van der Waals surface area contributed by atoms with Gasteiger partial charge in [-0.05, 0) is 32.9 Å². The van der Waals surface area contributed by atoms with Crippen LogP contribution in [-0.2, 0) is 4.79 Å². The molecular formula is C16H25N3O3. The van der Waals surface area contributed by atoms with Crippen LogP contribution in [0.4, 0.5) is 0 Å². The predicted octanol–water partition coefficient (Wildman–Crippen LogP) is 1.34. The standard InChI is InChI=1S/C16H25N3O3/c1-16(2,3)17-7-6-14(20)18-8-10-19(11-9-18)15(21)13-5-4-12-22-13/h4-5,12,17H,6-11H2,1-3H3. The number of nitrogens with zero attached hydrogens (tertiary/aromatic N) is 2. The highest BCUT2D eigenvalue weighted by molar-refractivity contribution is 5.91. The quantitative estimate of drug-likeness (QED) is 0.912. The fourth-order valence-electron chi connectivity index (χ4n) is 2.42. The van der Waals surface area contributed by atoms with Crippen molar-refractivity contribution in [3.63, 3.8) is 0 Å². The maximum absolute atomic E-state index is 12.2. The van der Waals surface area contributed by atoms with Crippen LogP contribution in [0.5, 0.6) is 0 Å². The smallest absolute Gasteiger partial charge is 0.289 e. The Bertz CT molecular complexity index is 497. The van der Waals surface area contributed by atoms with Crippen LogP contribution in [-0.4, -0.2) is 59.9 Å². The number of hydrogen-bond donors (Lipinski definition) is 1. The summed E-state index contributed by atoms with van der Waals surface area (Å²) < 4.78 is 5.13. The zero-order chi connectivity index (χ0) is 16.2. The Balaban J connectivity index is 1.75. The SMILES string of the molecule is CC(C)(C)NCCC(=O)N1CCN(C(=O)c2ccco2)CC1. The third kappa shape index (κ3) is 4.59. The lowest BCUT2D eigenvalue weighted by Gasteiger charge is -2.34. The van der Waals surface area contributed by atoms with E-state index in [1.54, 1.807) is 17.0 Å². The average molecular weight is 307 g/mol. The third-order valence-electron chi connectivity index (χ3n) is 3.65. The molecule has 1 saturated heterocycles. The largest absolute Gasteiger partial charge is 0.459 e. The second kappa shape index (κ2) is 6.96. The van der Waals surface area contributed by atoms with Crippen LogP contribution in [0.3, 0.4) is 0 Å². The molecule has 1 aliphatic rings. The molecule has 2 amide bonds. The lowest BCUT2D eigenvalue weighted by molar-refractivity contribution is -0.132. The molecular weight excluding hydrogens is 282 g/mol. The van der Waals surface area contributed by atoms with Crippen LogP contribution in [0, 0.1) is 0 Å². The summed E-state index contributed by atoms with van der Waals surface area (Å²) in [6.45, 7) is 9.19. The molecule has 6 heteroatoms. The first-order valence-corrected chi connectivity index (χ1v) is 7.72. The van der Waals surface area contributed by atoms with Crippen LogP contribution in [0.25, 0.3) is 0 Å². The van der Waals surface area contributed by atoms with Gasteiger partial charge in [-0.2, -0.15) is 0 Å². The van der Waals surface area contributed by atoms with Gasteiger partial charge in [-0.3, -0.25) is 9.59 Å². The molecule has 1 N–H and O–H groups in total. The number of carbonyl (C=O) groups is 2. The van der Waals surface area contributed by atoms with Crippen LogP contribution in [0.2, 0.25) is 0 Å². The van der Waals surface area contributed by atoms with Gasteiger partial charge in [0, 0.05) is 44.7 Å². The van der Waals surface area contributed by atoms with E-state index in [1.807, 2.05) is 4.90 Å². The van der Waals surface area contributed by atoms with E-state index in [-0.39, 0.29) is 17.4 Å². The fourth-order valence-corrected chi connectivity index (χ4v) is 2.42. The van der Waals surface area contributed by atoms with E-state index in [9.17, 15) is 9.59 Å². The summed E-state index contributed by atoms with van der Waals surface area (Å²) in [5, 5.41) is 3.31. The minimum absolute atomic E-state index is 0.0223. The minimum atomic E-state index is -0.105. The molecule has 0 unspecified atom stereocenters. The van der Waals surface area contributed by atoms with Crippen LogP contribution < -0.4 is 5.32 Å². The molecule has 0 bridgehead atoms. The number of amides is 2. The molecule has 1 aromatic heterocycles. The lowest BCUT2D eigenvalue weighted by Crippen LogP contribution is -2.51. The first-order chi connectivity index (χ1) is 10.4. The molecule has 1 aliphatic heterocycles. The summed E-state index contributed by atoms with van der Waals surface area (Å²) in [7, 11) is 0. The van der Waals surface area contributed by atoms with Gasteiger partial charge in [0.15, 0.2) is 5.76 Å². The number of carbonyl (C=O) groups excluding carboxylic acids is 2. The van der Waals surface area contributed by atoms with Crippen LogP contribution in [0.15, 0.2) is 22.8 Å². The van der Waals surface area contributed by atoms with Crippen LogP contribution >= 0.6 is 0 Å². The van der Waals surface area contributed by atoms with Crippen molar-refractivity contribution >= 4 is 11.8 Å². The Morgan fingerprint density at radius 1 is 1.18 bits per heavy atom. The summed E-state index contributed by atoms with van der Waals surface area (Å²) in [6, 6.07) is 3.37. The summed E-state index contributed by atoms with van der Waals surface area (Å²) in [5.41, 5.74) is 0.0223. The highest BCUT2D eigenvalue weighted by atomic mass is 16.3. The molecule has 2 heterocycles. The maximum Gasteiger partial charge on any atom is 0.289 e. The Morgan fingerprint density at radius 3 is 2.36 bits per heavy atom. The first-order valence-electron chi connectivity index (χ1n) is 7.72. The zero-order valence-electron chi connectivity index (χ0n) is 13.6. The third-order valence-corrected chi connectivity index (χ3v) is 3.65. The first kappa shape index (κ1) is 16.5. The summed E-state index contributed by atoms with van der Waals surface area (Å²) >= 11 is 0. The van der Waals surface area contributed by atoms with Crippen molar-refractivity contribution in [3.8, 4) is 0 Å². The van der Waals surface area contributed by atoms with E-state index >= 15 is 0 Å². The van der Waals surface area contributed by atoms with Crippen molar-refractivity contribution in [2.24, 2.45) is 0 Å². The second-order valence-electron chi connectivity index (χ2n) is 6.58. The van der Waals surface area contributed by atoms with Crippen molar-refractivity contribution in [3.05, 3.63) is 24.2 Å². The number of piperazine rings is 1. The number of rotatable bonds is 4. The van der Waals surface area contributed by atoms with E-state index in [4.69, 9.17) is 4.42 Å². The topological polar surface area (TPSA) is 65.8 Å². The molecule has 0 aromatic carbocycles. The van der Waals surface area contributed by atoms with Crippen molar-refractivity contribution < 1.29 is 14.0 Å². The monoisotopic (exact) mass is 307 g/mol. The number of furan rings is 1. The maximum atomic E-state index is 12.2. The van der Waals surface area contributed by atoms with E-state index in [2.05, 4.69) is 26.1 Å². The molecule has 0 saturated carbocycles. The molecule has 22 heavy (non-hydrogen) atoms. The zero-order valence-corrected chi connectivity index (χ0v) is 13.6. The number of nitrogens with one attached hydrogen (secondary N) is 1. The van der Waals surface area contributed by atoms with E-state index in [0.29, 0.717) is 44.9 Å². The van der Waals surface area contributed by atoms with Gasteiger partial charge in [0.05, 0.1) is 6.26 Å². The van der Waals surface area contributed by atoms with Crippen LogP contribution in [0.1, 0.15) is 37.7 Å². The van der Waals surface area contributed by atoms with Gasteiger partial charge in [0.2, 0.25) is 5.91 Å². The van der Waals surface area contributed by atoms with Gasteiger partial charge < -0.3 is 19.5 Å². The molecule has 0 spiro atoms. The average Bonchev–Trinajstić information content (AvgIpc) is 2.99. The van der Waals surface area contributed by atoms with Gasteiger partial charge in [-0.15, -0.1) is 0 Å². The second-order valence-corrected chi connectivity index (χ2v) is 6.58. The highest BCUT2D eigenvalue weighted by Gasteiger charge is 2.25. The van der Waals surface area contributed by atoms with Gasteiger partial charge in [-0.25, -0.2) is 0 Å². The Morgan fingerprint density at radius 2 is 1.82 bits per heavy atom. The van der Waals surface area contributed by atoms with Crippen molar-refractivity contribution in [1.82, 2.24) is 15.1 Å². The summed E-state index contributed by atoms with van der Waals surface area (Å²) in [4.78, 5) is 27.9. The van der Waals surface area contributed by atoms with Crippen molar-refractivity contribution in [2.45, 2.75) is 32.7 Å². The molecule has 0 atom stereocenters. The molecule has 6 nitrogen and oxygen atoms in total. The Hall–Kier alpha value is -1.82. The summed E-state index contributed by atoms with van der Waals surface area (Å²) in [6.07, 6.45) is 1.98. The molecule has 0 radical (unpaired) electrons.